The van der Waals surface area contributed by atoms with Gasteiger partial charge in [0.2, 0.25) is 5.91 Å². The Balaban J connectivity index is 1.68. The van der Waals surface area contributed by atoms with E-state index in [0.717, 1.165) is 12.0 Å². The van der Waals surface area contributed by atoms with Crippen LogP contribution < -0.4 is 10.6 Å². The first-order valence-corrected chi connectivity index (χ1v) is 8.62. The number of hydrogen-bond donors (Lipinski definition) is 2. The highest BCUT2D eigenvalue weighted by molar-refractivity contribution is 7.80. The minimum absolute atomic E-state index is 0.133. The smallest absolute Gasteiger partial charge is 0.407 e. The molecule has 2 amide bonds. The van der Waals surface area contributed by atoms with Crippen molar-refractivity contribution >= 4 is 29.3 Å². The molecule has 1 aromatic carbocycles. The van der Waals surface area contributed by atoms with Crippen LogP contribution in [0.1, 0.15) is 12.5 Å². The lowest BCUT2D eigenvalue weighted by molar-refractivity contribution is -0.146. The molecule has 0 aromatic heterocycles. The van der Waals surface area contributed by atoms with Crippen molar-refractivity contribution in [1.82, 2.24) is 15.5 Å². The van der Waals surface area contributed by atoms with Crippen molar-refractivity contribution in [3.05, 3.63) is 48.6 Å². The standard InChI is InChI=1S/C18H23N3O3S/c1-3-10-19-17(25)21-12-15(16(21)22)13(2)24-18(23)20-11-9-14-7-5-4-6-8-14/h3-8,13,15H,1,9-12H2,2H3,(H,19,25)(H,20,23)/t13-,15+/m1/s1. The van der Waals surface area contributed by atoms with Crippen molar-refractivity contribution < 1.29 is 14.3 Å². The van der Waals surface area contributed by atoms with Crippen LogP contribution in [-0.2, 0) is 16.0 Å². The Morgan fingerprint density at radius 1 is 1.44 bits per heavy atom. The van der Waals surface area contributed by atoms with Crippen LogP contribution in [0.5, 0.6) is 0 Å². The van der Waals surface area contributed by atoms with Crippen LogP contribution in [0, 0.1) is 5.92 Å². The summed E-state index contributed by atoms with van der Waals surface area (Å²) < 4.78 is 5.29. The van der Waals surface area contributed by atoms with E-state index < -0.39 is 12.2 Å². The van der Waals surface area contributed by atoms with Gasteiger partial charge in [0.05, 0.1) is 5.92 Å². The number of ether oxygens (including phenoxy) is 1. The summed E-state index contributed by atoms with van der Waals surface area (Å²) in [6.07, 6.45) is 1.38. The van der Waals surface area contributed by atoms with Crippen molar-refractivity contribution in [3.63, 3.8) is 0 Å². The van der Waals surface area contributed by atoms with Gasteiger partial charge in [0.1, 0.15) is 6.10 Å². The number of likely N-dealkylation sites (tertiary alicyclic amines) is 1. The quantitative estimate of drug-likeness (QED) is 0.441. The van der Waals surface area contributed by atoms with Crippen LogP contribution >= 0.6 is 12.2 Å². The SMILES string of the molecule is C=CCNC(=S)N1C[C@@H]([C@@H](C)OC(=O)NCCc2ccccc2)C1=O. The summed E-state index contributed by atoms with van der Waals surface area (Å²) in [5.41, 5.74) is 1.14. The van der Waals surface area contributed by atoms with Gasteiger partial charge in [-0.2, -0.15) is 0 Å². The predicted molar refractivity (Wildman–Crippen MR) is 100 cm³/mol. The Morgan fingerprint density at radius 2 is 2.16 bits per heavy atom. The summed E-state index contributed by atoms with van der Waals surface area (Å²) in [5, 5.41) is 5.99. The van der Waals surface area contributed by atoms with Crippen molar-refractivity contribution in [2.24, 2.45) is 5.92 Å². The molecule has 0 unspecified atom stereocenters. The monoisotopic (exact) mass is 361 g/mol. The van der Waals surface area contributed by atoms with Crippen LogP contribution in [0.15, 0.2) is 43.0 Å². The second-order valence-corrected chi connectivity index (χ2v) is 6.19. The van der Waals surface area contributed by atoms with E-state index in [1.54, 1.807) is 13.0 Å². The van der Waals surface area contributed by atoms with Gasteiger partial charge in [-0.05, 0) is 31.1 Å². The molecule has 2 rings (SSSR count). The fraction of sp³-hybridized carbons (Fsp3) is 0.389. The van der Waals surface area contributed by atoms with Gasteiger partial charge in [-0.15, -0.1) is 6.58 Å². The third-order valence-corrected chi connectivity index (χ3v) is 4.36. The number of alkyl carbamates (subject to hydrolysis) is 1. The fourth-order valence-electron chi connectivity index (χ4n) is 2.49. The molecular weight excluding hydrogens is 338 g/mol. The first-order chi connectivity index (χ1) is 12.0. The van der Waals surface area contributed by atoms with Crippen molar-refractivity contribution in [2.45, 2.75) is 19.4 Å². The number of carbonyl (C=O) groups is 2. The van der Waals surface area contributed by atoms with E-state index in [4.69, 9.17) is 17.0 Å². The lowest BCUT2D eigenvalue weighted by Gasteiger charge is -2.40. The second kappa shape index (κ2) is 9.17. The van der Waals surface area contributed by atoms with Gasteiger partial charge in [-0.3, -0.25) is 9.69 Å². The highest BCUT2D eigenvalue weighted by Gasteiger charge is 2.43. The Labute approximate surface area is 153 Å². The van der Waals surface area contributed by atoms with E-state index in [2.05, 4.69) is 17.2 Å². The van der Waals surface area contributed by atoms with E-state index in [9.17, 15) is 9.59 Å². The number of nitrogens with zero attached hydrogens (tertiary/aromatic N) is 1. The molecule has 2 atom stereocenters. The van der Waals surface area contributed by atoms with Crippen LogP contribution in [0.25, 0.3) is 0 Å². The normalized spacial score (nSPS) is 17.2. The number of hydrogen-bond acceptors (Lipinski definition) is 4. The third kappa shape index (κ3) is 5.29. The Morgan fingerprint density at radius 3 is 2.80 bits per heavy atom. The first kappa shape index (κ1) is 18.9. The molecule has 1 aliphatic heterocycles. The molecule has 0 saturated carbocycles. The molecule has 1 aliphatic rings. The van der Waals surface area contributed by atoms with Gasteiger partial charge in [-0.1, -0.05) is 36.4 Å². The maximum Gasteiger partial charge on any atom is 0.407 e. The van der Waals surface area contributed by atoms with E-state index >= 15 is 0 Å². The molecule has 0 spiro atoms. The highest BCUT2D eigenvalue weighted by Crippen LogP contribution is 2.23. The number of β-lactam (4-membered cyclic amide) rings is 1. The van der Waals surface area contributed by atoms with Gasteiger partial charge in [0.25, 0.3) is 0 Å². The Kier molecular flexibility index (Phi) is 6.94. The molecule has 0 bridgehead atoms. The molecule has 1 saturated heterocycles. The van der Waals surface area contributed by atoms with E-state index in [-0.39, 0.29) is 11.8 Å². The zero-order valence-electron chi connectivity index (χ0n) is 14.2. The first-order valence-electron chi connectivity index (χ1n) is 8.21. The topological polar surface area (TPSA) is 70.7 Å². The average Bonchev–Trinajstić information content (AvgIpc) is 2.59. The van der Waals surface area contributed by atoms with Crippen LogP contribution in [-0.4, -0.2) is 47.8 Å². The Bertz CT molecular complexity index is 636. The summed E-state index contributed by atoms with van der Waals surface area (Å²) >= 11 is 5.13. The zero-order valence-corrected chi connectivity index (χ0v) is 15.1. The number of nitrogens with one attached hydrogen (secondary N) is 2. The molecule has 0 aliphatic carbocycles. The summed E-state index contributed by atoms with van der Waals surface area (Å²) in [7, 11) is 0. The number of thiocarbonyl (C=S) groups is 1. The minimum atomic E-state index is -0.512. The van der Waals surface area contributed by atoms with E-state index in [1.807, 2.05) is 30.3 Å². The molecular formula is C18H23N3O3S. The Hall–Kier alpha value is -2.41. The summed E-state index contributed by atoms with van der Waals surface area (Å²) in [4.78, 5) is 25.5. The van der Waals surface area contributed by atoms with Gasteiger partial charge < -0.3 is 15.4 Å². The van der Waals surface area contributed by atoms with Crippen molar-refractivity contribution in [2.75, 3.05) is 19.6 Å². The largest absolute Gasteiger partial charge is 0.446 e. The van der Waals surface area contributed by atoms with E-state index in [0.29, 0.717) is 24.7 Å². The van der Waals surface area contributed by atoms with Gasteiger partial charge in [0.15, 0.2) is 5.11 Å². The minimum Gasteiger partial charge on any atom is -0.446 e. The summed E-state index contributed by atoms with van der Waals surface area (Å²) in [6.45, 7) is 6.73. The number of rotatable bonds is 7. The second-order valence-electron chi connectivity index (χ2n) is 5.80. The predicted octanol–water partition coefficient (Wildman–Crippen LogP) is 1.86. The molecule has 1 fully saturated rings. The lowest BCUT2D eigenvalue weighted by atomic mass is 9.94. The number of carbonyl (C=O) groups excluding carboxylic acids is 2. The van der Waals surface area contributed by atoms with Crippen molar-refractivity contribution in [3.8, 4) is 0 Å². The molecule has 6 nitrogen and oxygen atoms in total. The molecule has 134 valence electrons. The summed E-state index contributed by atoms with van der Waals surface area (Å²) in [5.74, 6) is -0.491. The van der Waals surface area contributed by atoms with Crippen LogP contribution in [0.4, 0.5) is 4.79 Å². The number of benzene rings is 1. The average molecular weight is 361 g/mol. The van der Waals surface area contributed by atoms with Gasteiger partial charge in [-0.25, -0.2) is 4.79 Å². The molecule has 1 heterocycles. The molecule has 25 heavy (non-hydrogen) atoms. The van der Waals surface area contributed by atoms with E-state index in [1.165, 1.54) is 4.90 Å². The van der Waals surface area contributed by atoms with Gasteiger partial charge in [0, 0.05) is 19.6 Å². The van der Waals surface area contributed by atoms with Crippen LogP contribution in [0.2, 0.25) is 0 Å². The third-order valence-electron chi connectivity index (χ3n) is 3.99. The molecule has 2 N–H and O–H groups in total. The van der Waals surface area contributed by atoms with Crippen LogP contribution in [0.3, 0.4) is 0 Å². The fourth-order valence-corrected chi connectivity index (χ4v) is 2.73. The maximum absolute atomic E-state index is 12.1. The molecule has 1 aromatic rings. The summed E-state index contributed by atoms with van der Waals surface area (Å²) in [6, 6.07) is 9.86. The van der Waals surface area contributed by atoms with Crippen molar-refractivity contribution in [1.29, 1.82) is 0 Å². The highest BCUT2D eigenvalue weighted by atomic mass is 32.1. The zero-order chi connectivity index (χ0) is 18.2. The lowest BCUT2D eigenvalue weighted by Crippen LogP contribution is -2.61. The number of amides is 2. The maximum atomic E-state index is 12.1. The molecule has 7 heteroatoms. The molecule has 0 radical (unpaired) electrons. The van der Waals surface area contributed by atoms with Gasteiger partial charge >= 0.3 is 6.09 Å².